The molecule has 1 rings (SSSR count). The average molecular weight is 127 g/mol. The third-order valence-corrected chi connectivity index (χ3v) is 1.31. The predicted octanol–water partition coefficient (Wildman–Crippen LogP) is -0.627. The number of nitrogens with zero attached hydrogens (tertiary/aromatic N) is 1. The lowest BCUT2D eigenvalue weighted by molar-refractivity contribution is -0.120. The van der Waals surface area contributed by atoms with Gasteiger partial charge in [-0.1, -0.05) is 0 Å². The number of carbonyl (C=O) groups excluding carboxylic acids is 1. The van der Waals surface area contributed by atoms with Crippen LogP contribution in [-0.2, 0) is 4.79 Å². The molecule has 0 radical (unpaired) electrons. The third-order valence-electron chi connectivity index (χ3n) is 1.31. The Morgan fingerprint density at radius 1 is 1.78 bits per heavy atom. The second kappa shape index (κ2) is 2.05. The maximum absolute atomic E-state index is 10.5. The van der Waals surface area contributed by atoms with Gasteiger partial charge in [0.15, 0.2) is 5.96 Å². The van der Waals surface area contributed by atoms with Crippen LogP contribution in [0.3, 0.4) is 0 Å². The Bertz CT molecular complexity index is 154. The summed E-state index contributed by atoms with van der Waals surface area (Å²) in [6, 6.07) is 0. The summed E-state index contributed by atoms with van der Waals surface area (Å²) in [6.07, 6.45) is 0.499. The molecule has 0 aliphatic carbocycles. The maximum Gasteiger partial charge on any atom is 0.228 e. The highest BCUT2D eigenvalue weighted by Crippen LogP contribution is 1.93. The molecule has 2 N–H and O–H groups in total. The molecule has 0 bridgehead atoms. The van der Waals surface area contributed by atoms with E-state index in [4.69, 9.17) is 5.41 Å². The van der Waals surface area contributed by atoms with Crippen molar-refractivity contribution in [1.82, 2.24) is 10.2 Å². The zero-order valence-corrected chi connectivity index (χ0v) is 5.27. The first-order valence-electron chi connectivity index (χ1n) is 2.79. The first-order valence-corrected chi connectivity index (χ1v) is 2.79. The number of carbonyl (C=O) groups is 1. The third kappa shape index (κ3) is 1.19. The molecular weight excluding hydrogens is 118 g/mol. The van der Waals surface area contributed by atoms with Crippen molar-refractivity contribution >= 4 is 11.9 Å². The molecule has 4 heteroatoms. The van der Waals surface area contributed by atoms with Crippen molar-refractivity contribution in [2.24, 2.45) is 0 Å². The van der Waals surface area contributed by atoms with Crippen LogP contribution in [0.4, 0.5) is 0 Å². The van der Waals surface area contributed by atoms with E-state index >= 15 is 0 Å². The fraction of sp³-hybridized carbons (Fsp3) is 0.600. The highest BCUT2D eigenvalue weighted by Gasteiger charge is 2.15. The summed E-state index contributed by atoms with van der Waals surface area (Å²) in [5.41, 5.74) is 0. The standard InChI is InChI=1S/C5H9N3O/c1-8-3-2-4(9)7-5(8)6/h2-3H2,1H3,(H2,6,7,9). The van der Waals surface area contributed by atoms with Crippen molar-refractivity contribution in [3.8, 4) is 0 Å². The molecule has 50 valence electrons. The zero-order valence-electron chi connectivity index (χ0n) is 5.27. The van der Waals surface area contributed by atoms with Gasteiger partial charge in [0.2, 0.25) is 5.91 Å². The molecule has 0 atom stereocenters. The smallest absolute Gasteiger partial charge is 0.228 e. The Balaban J connectivity index is 2.54. The lowest BCUT2D eigenvalue weighted by Gasteiger charge is -2.24. The second-order valence-electron chi connectivity index (χ2n) is 2.07. The van der Waals surface area contributed by atoms with E-state index in [1.54, 1.807) is 11.9 Å². The molecule has 1 heterocycles. The molecule has 1 aliphatic rings. The molecule has 0 spiro atoms. The van der Waals surface area contributed by atoms with E-state index in [1.165, 1.54) is 0 Å². The molecule has 0 saturated carbocycles. The fourth-order valence-corrected chi connectivity index (χ4v) is 0.671. The molecule has 1 saturated heterocycles. The molecular formula is C5H9N3O. The number of amides is 1. The van der Waals surface area contributed by atoms with Gasteiger partial charge in [0.1, 0.15) is 0 Å². The van der Waals surface area contributed by atoms with Gasteiger partial charge in [-0.2, -0.15) is 0 Å². The number of guanidine groups is 1. The Morgan fingerprint density at radius 2 is 2.44 bits per heavy atom. The van der Waals surface area contributed by atoms with Gasteiger partial charge in [-0.05, 0) is 0 Å². The summed E-state index contributed by atoms with van der Waals surface area (Å²) in [7, 11) is 1.78. The van der Waals surface area contributed by atoms with Crippen LogP contribution in [0.15, 0.2) is 0 Å². The number of rotatable bonds is 0. The van der Waals surface area contributed by atoms with E-state index in [0.717, 1.165) is 0 Å². The van der Waals surface area contributed by atoms with Crippen molar-refractivity contribution in [3.63, 3.8) is 0 Å². The SMILES string of the molecule is CN1CCC(=O)NC1=N. The minimum atomic E-state index is -0.0573. The Labute approximate surface area is 53.3 Å². The minimum Gasteiger partial charge on any atom is -0.345 e. The van der Waals surface area contributed by atoms with E-state index in [0.29, 0.717) is 13.0 Å². The van der Waals surface area contributed by atoms with Crippen LogP contribution in [0.2, 0.25) is 0 Å². The molecule has 0 aromatic rings. The van der Waals surface area contributed by atoms with Crippen molar-refractivity contribution in [2.75, 3.05) is 13.6 Å². The van der Waals surface area contributed by atoms with Gasteiger partial charge in [0.25, 0.3) is 0 Å². The molecule has 0 aromatic heterocycles. The van der Waals surface area contributed by atoms with Gasteiger partial charge in [-0.25, -0.2) is 0 Å². The lowest BCUT2D eigenvalue weighted by atomic mass is 10.3. The van der Waals surface area contributed by atoms with Gasteiger partial charge < -0.3 is 4.90 Å². The van der Waals surface area contributed by atoms with Crippen LogP contribution in [0.1, 0.15) is 6.42 Å². The van der Waals surface area contributed by atoms with Crippen LogP contribution < -0.4 is 5.32 Å². The summed E-state index contributed by atoms with van der Waals surface area (Å²) in [4.78, 5) is 12.2. The highest BCUT2D eigenvalue weighted by molar-refractivity contribution is 5.97. The Hall–Kier alpha value is -1.06. The van der Waals surface area contributed by atoms with Gasteiger partial charge in [-0.15, -0.1) is 0 Å². The lowest BCUT2D eigenvalue weighted by Crippen LogP contribution is -2.47. The van der Waals surface area contributed by atoms with Crippen LogP contribution in [0.5, 0.6) is 0 Å². The van der Waals surface area contributed by atoms with Crippen molar-refractivity contribution in [3.05, 3.63) is 0 Å². The molecule has 1 fully saturated rings. The first kappa shape index (κ1) is 6.07. The van der Waals surface area contributed by atoms with Crippen molar-refractivity contribution in [2.45, 2.75) is 6.42 Å². The Kier molecular flexibility index (Phi) is 1.38. The van der Waals surface area contributed by atoms with Crippen LogP contribution in [0.25, 0.3) is 0 Å². The molecule has 1 amide bonds. The predicted molar refractivity (Wildman–Crippen MR) is 33.1 cm³/mol. The van der Waals surface area contributed by atoms with Crippen LogP contribution in [-0.4, -0.2) is 30.4 Å². The molecule has 0 unspecified atom stereocenters. The summed E-state index contributed by atoms with van der Waals surface area (Å²) in [5.74, 6) is 0.143. The number of hydrogen-bond donors (Lipinski definition) is 2. The maximum atomic E-state index is 10.5. The number of nitrogens with one attached hydrogen (secondary N) is 2. The Morgan fingerprint density at radius 3 is 2.89 bits per heavy atom. The second-order valence-corrected chi connectivity index (χ2v) is 2.07. The van der Waals surface area contributed by atoms with Crippen LogP contribution in [0, 0.1) is 5.41 Å². The summed E-state index contributed by atoms with van der Waals surface area (Å²) in [5, 5.41) is 9.52. The summed E-state index contributed by atoms with van der Waals surface area (Å²) >= 11 is 0. The normalized spacial score (nSPS) is 19.9. The van der Waals surface area contributed by atoms with E-state index in [-0.39, 0.29) is 11.9 Å². The largest absolute Gasteiger partial charge is 0.345 e. The van der Waals surface area contributed by atoms with Gasteiger partial charge in [-0.3, -0.25) is 15.5 Å². The van der Waals surface area contributed by atoms with Crippen molar-refractivity contribution in [1.29, 1.82) is 5.41 Å². The average Bonchev–Trinajstić information content (AvgIpc) is 1.80. The van der Waals surface area contributed by atoms with Crippen molar-refractivity contribution < 1.29 is 4.79 Å². The molecule has 9 heavy (non-hydrogen) atoms. The number of hydrogen-bond acceptors (Lipinski definition) is 2. The van der Waals surface area contributed by atoms with E-state index in [9.17, 15) is 4.79 Å². The zero-order chi connectivity index (χ0) is 6.85. The highest BCUT2D eigenvalue weighted by atomic mass is 16.2. The van der Waals surface area contributed by atoms with E-state index in [2.05, 4.69) is 5.32 Å². The van der Waals surface area contributed by atoms with Gasteiger partial charge >= 0.3 is 0 Å². The molecule has 0 aromatic carbocycles. The monoisotopic (exact) mass is 127 g/mol. The molecule has 1 aliphatic heterocycles. The summed E-state index contributed by atoms with van der Waals surface area (Å²) in [6.45, 7) is 0.657. The van der Waals surface area contributed by atoms with E-state index < -0.39 is 0 Å². The minimum absolute atomic E-state index is 0.0573. The topological polar surface area (TPSA) is 56.2 Å². The quantitative estimate of drug-likeness (QED) is 0.455. The fourth-order valence-electron chi connectivity index (χ4n) is 0.671. The molecule has 4 nitrogen and oxygen atoms in total. The van der Waals surface area contributed by atoms with Crippen LogP contribution >= 0.6 is 0 Å². The van der Waals surface area contributed by atoms with Gasteiger partial charge in [0.05, 0.1) is 0 Å². The van der Waals surface area contributed by atoms with E-state index in [1.807, 2.05) is 0 Å². The first-order chi connectivity index (χ1) is 4.20. The summed E-state index contributed by atoms with van der Waals surface area (Å²) < 4.78 is 0. The van der Waals surface area contributed by atoms with Gasteiger partial charge in [0, 0.05) is 20.0 Å².